The van der Waals surface area contributed by atoms with Crippen molar-refractivity contribution in [2.75, 3.05) is 0 Å². The van der Waals surface area contributed by atoms with Gasteiger partial charge in [-0.1, -0.05) is 30.3 Å². The number of hydrogen-bond donors (Lipinski definition) is 3. The Labute approximate surface area is 88.8 Å². The van der Waals surface area contributed by atoms with Crippen LogP contribution >= 0.6 is 0 Å². The minimum atomic E-state index is -1.83. The molecule has 0 unspecified atom stereocenters. The standard InChI is InChI=1S/C10H14O.CH2O3/c1-10(2,11)8-9-6-4-3-5-7-9;2-1(3)4/h3-7,11H,8H2,1-2H3;(H2,2,3,4). The molecule has 15 heavy (non-hydrogen) atoms. The molecular formula is C11H16O4. The molecule has 0 aliphatic heterocycles. The van der Waals surface area contributed by atoms with Gasteiger partial charge in [-0.2, -0.15) is 0 Å². The third-order valence-corrected chi connectivity index (χ3v) is 1.48. The molecule has 0 spiro atoms. The SMILES string of the molecule is CC(C)(O)Cc1ccccc1.O=C(O)O. The van der Waals surface area contributed by atoms with Crippen molar-refractivity contribution in [1.29, 1.82) is 0 Å². The maximum Gasteiger partial charge on any atom is 0.503 e. The topological polar surface area (TPSA) is 77.8 Å². The highest BCUT2D eigenvalue weighted by molar-refractivity contribution is 5.53. The van der Waals surface area contributed by atoms with Crippen LogP contribution in [-0.4, -0.2) is 27.1 Å². The molecule has 1 aromatic carbocycles. The van der Waals surface area contributed by atoms with E-state index in [2.05, 4.69) is 0 Å². The molecule has 84 valence electrons. The summed E-state index contributed by atoms with van der Waals surface area (Å²) < 4.78 is 0. The van der Waals surface area contributed by atoms with Crippen LogP contribution in [-0.2, 0) is 6.42 Å². The van der Waals surface area contributed by atoms with Gasteiger partial charge < -0.3 is 15.3 Å². The summed E-state index contributed by atoms with van der Waals surface area (Å²) in [4.78, 5) is 8.56. The van der Waals surface area contributed by atoms with Crippen LogP contribution in [0.25, 0.3) is 0 Å². The van der Waals surface area contributed by atoms with Crippen LogP contribution in [0.4, 0.5) is 4.79 Å². The highest BCUT2D eigenvalue weighted by atomic mass is 16.6. The Morgan fingerprint density at radius 1 is 1.20 bits per heavy atom. The Bertz CT molecular complexity index is 283. The first-order valence-corrected chi connectivity index (χ1v) is 4.49. The van der Waals surface area contributed by atoms with Crippen LogP contribution in [0.15, 0.2) is 30.3 Å². The molecule has 0 heterocycles. The van der Waals surface area contributed by atoms with Crippen molar-refractivity contribution in [2.24, 2.45) is 0 Å². The lowest BCUT2D eigenvalue weighted by Gasteiger charge is -2.16. The molecule has 0 amide bonds. The van der Waals surface area contributed by atoms with Gasteiger partial charge >= 0.3 is 6.16 Å². The minimum absolute atomic E-state index is 0.596. The first kappa shape index (κ1) is 13.4. The number of hydrogen-bond acceptors (Lipinski definition) is 2. The summed E-state index contributed by atoms with van der Waals surface area (Å²) >= 11 is 0. The Morgan fingerprint density at radius 3 is 1.93 bits per heavy atom. The highest BCUT2D eigenvalue weighted by Crippen LogP contribution is 2.10. The molecule has 1 aromatic rings. The zero-order valence-electron chi connectivity index (χ0n) is 8.84. The molecule has 0 atom stereocenters. The molecule has 0 aromatic heterocycles. The van der Waals surface area contributed by atoms with Gasteiger partial charge in [-0.25, -0.2) is 4.79 Å². The summed E-state index contributed by atoms with van der Waals surface area (Å²) in [5.74, 6) is 0. The van der Waals surface area contributed by atoms with E-state index < -0.39 is 11.8 Å². The van der Waals surface area contributed by atoms with Crippen molar-refractivity contribution in [3.63, 3.8) is 0 Å². The third kappa shape index (κ3) is 10.4. The normalized spacial score (nSPS) is 10.1. The average molecular weight is 212 g/mol. The third-order valence-electron chi connectivity index (χ3n) is 1.48. The van der Waals surface area contributed by atoms with Gasteiger partial charge in [-0.05, 0) is 19.4 Å². The second-order valence-electron chi connectivity index (χ2n) is 3.76. The minimum Gasteiger partial charge on any atom is -0.450 e. The maximum atomic E-state index is 9.47. The van der Waals surface area contributed by atoms with Crippen molar-refractivity contribution in [3.8, 4) is 0 Å². The lowest BCUT2D eigenvalue weighted by Crippen LogP contribution is -2.21. The maximum absolute atomic E-state index is 9.47. The predicted octanol–water partition coefficient (Wildman–Crippen LogP) is 2.22. The highest BCUT2D eigenvalue weighted by Gasteiger charge is 2.12. The molecule has 0 aliphatic carbocycles. The Hall–Kier alpha value is -1.55. The van der Waals surface area contributed by atoms with E-state index >= 15 is 0 Å². The van der Waals surface area contributed by atoms with Crippen LogP contribution in [0.1, 0.15) is 19.4 Å². The van der Waals surface area contributed by atoms with Crippen molar-refractivity contribution in [1.82, 2.24) is 0 Å². The molecule has 0 aliphatic rings. The van der Waals surface area contributed by atoms with Crippen molar-refractivity contribution < 1.29 is 20.1 Å². The van der Waals surface area contributed by atoms with Crippen LogP contribution in [0, 0.1) is 0 Å². The van der Waals surface area contributed by atoms with Gasteiger partial charge in [0, 0.05) is 6.42 Å². The zero-order valence-corrected chi connectivity index (χ0v) is 8.84. The molecule has 1 rings (SSSR count). The summed E-state index contributed by atoms with van der Waals surface area (Å²) in [6.07, 6.45) is -1.12. The lowest BCUT2D eigenvalue weighted by molar-refractivity contribution is 0.0810. The number of benzene rings is 1. The average Bonchev–Trinajstić information content (AvgIpc) is 2.01. The Morgan fingerprint density at radius 2 is 1.60 bits per heavy atom. The van der Waals surface area contributed by atoms with Crippen LogP contribution in [0.5, 0.6) is 0 Å². The molecule has 3 N–H and O–H groups in total. The second-order valence-corrected chi connectivity index (χ2v) is 3.76. The predicted molar refractivity (Wildman–Crippen MR) is 57.1 cm³/mol. The molecule has 0 radical (unpaired) electrons. The summed E-state index contributed by atoms with van der Waals surface area (Å²) in [6.45, 7) is 3.64. The lowest BCUT2D eigenvalue weighted by atomic mass is 9.99. The molecule has 0 fully saturated rings. The fraction of sp³-hybridized carbons (Fsp3) is 0.364. The van der Waals surface area contributed by atoms with Crippen LogP contribution < -0.4 is 0 Å². The monoisotopic (exact) mass is 212 g/mol. The van der Waals surface area contributed by atoms with Crippen LogP contribution in [0.2, 0.25) is 0 Å². The van der Waals surface area contributed by atoms with Gasteiger partial charge in [0.25, 0.3) is 0 Å². The van der Waals surface area contributed by atoms with E-state index in [-0.39, 0.29) is 0 Å². The number of carboxylic acid groups (broad SMARTS) is 2. The summed E-state index contributed by atoms with van der Waals surface area (Å²) in [7, 11) is 0. The number of carbonyl (C=O) groups is 1. The second kappa shape index (κ2) is 6.03. The first-order chi connectivity index (χ1) is 6.81. The quantitative estimate of drug-likeness (QED) is 0.702. The van der Waals surface area contributed by atoms with E-state index in [0.29, 0.717) is 6.42 Å². The van der Waals surface area contributed by atoms with E-state index in [1.54, 1.807) is 0 Å². The van der Waals surface area contributed by atoms with E-state index in [4.69, 9.17) is 15.0 Å². The van der Waals surface area contributed by atoms with E-state index in [1.807, 2.05) is 44.2 Å². The Balaban J connectivity index is 0.000000423. The summed E-state index contributed by atoms with van der Waals surface area (Å²) in [5, 5.41) is 23.4. The van der Waals surface area contributed by atoms with Crippen molar-refractivity contribution in [3.05, 3.63) is 35.9 Å². The smallest absolute Gasteiger partial charge is 0.450 e. The van der Waals surface area contributed by atoms with Gasteiger partial charge in [0.05, 0.1) is 5.60 Å². The zero-order chi connectivity index (χ0) is 11.9. The largest absolute Gasteiger partial charge is 0.503 e. The first-order valence-electron chi connectivity index (χ1n) is 4.49. The van der Waals surface area contributed by atoms with Gasteiger partial charge in [0.1, 0.15) is 0 Å². The van der Waals surface area contributed by atoms with Gasteiger partial charge in [-0.15, -0.1) is 0 Å². The fourth-order valence-corrected chi connectivity index (χ4v) is 1.10. The van der Waals surface area contributed by atoms with Crippen molar-refractivity contribution in [2.45, 2.75) is 25.9 Å². The molecular weight excluding hydrogens is 196 g/mol. The van der Waals surface area contributed by atoms with Crippen molar-refractivity contribution >= 4 is 6.16 Å². The number of rotatable bonds is 2. The molecule has 0 saturated carbocycles. The molecule has 0 bridgehead atoms. The van der Waals surface area contributed by atoms with E-state index in [9.17, 15) is 5.11 Å². The Kier molecular flexibility index (Phi) is 5.41. The van der Waals surface area contributed by atoms with Gasteiger partial charge in [0.15, 0.2) is 0 Å². The van der Waals surface area contributed by atoms with E-state index in [0.717, 1.165) is 0 Å². The van der Waals surface area contributed by atoms with Gasteiger partial charge in [-0.3, -0.25) is 0 Å². The summed E-state index contributed by atoms with van der Waals surface area (Å²) in [6, 6.07) is 10.0. The summed E-state index contributed by atoms with van der Waals surface area (Å²) in [5.41, 5.74) is 0.585. The number of aliphatic hydroxyl groups is 1. The van der Waals surface area contributed by atoms with E-state index in [1.165, 1.54) is 5.56 Å². The molecule has 4 heteroatoms. The molecule has 0 saturated heterocycles. The van der Waals surface area contributed by atoms with Crippen LogP contribution in [0.3, 0.4) is 0 Å². The molecule has 4 nitrogen and oxygen atoms in total. The van der Waals surface area contributed by atoms with Gasteiger partial charge in [0.2, 0.25) is 0 Å². The fourth-order valence-electron chi connectivity index (χ4n) is 1.10.